The Kier molecular flexibility index (Phi) is 1.98. The third-order valence-electron chi connectivity index (χ3n) is 2.13. The van der Waals surface area contributed by atoms with Crippen LogP contribution in [0.25, 0.3) is 0 Å². The second kappa shape index (κ2) is 2.99. The third-order valence-corrected chi connectivity index (χ3v) is 3.02. The molecule has 2 heterocycles. The molecule has 1 aliphatic heterocycles. The summed E-state index contributed by atoms with van der Waals surface area (Å²) >= 11 is 1.47. The third kappa shape index (κ3) is 1.30. The van der Waals surface area contributed by atoms with E-state index >= 15 is 0 Å². The lowest BCUT2D eigenvalue weighted by Gasteiger charge is -2.35. The highest BCUT2D eigenvalue weighted by Gasteiger charge is 2.23. The van der Waals surface area contributed by atoms with Crippen molar-refractivity contribution in [2.75, 3.05) is 25.0 Å². The van der Waals surface area contributed by atoms with E-state index in [1.165, 1.54) is 11.5 Å². The molecule has 1 aromatic heterocycles. The second-order valence-electron chi connectivity index (χ2n) is 3.05. The maximum Gasteiger partial charge on any atom is 0.205 e. The van der Waals surface area contributed by atoms with Crippen LogP contribution in [0.3, 0.4) is 0 Å². The number of rotatable bonds is 2. The minimum absolute atomic E-state index is 0.609. The minimum Gasteiger partial charge on any atom is -0.344 e. The molecular weight excluding hydrogens is 172 g/mol. The Bertz CT molecular complexity index is 268. The van der Waals surface area contributed by atoms with E-state index in [1.54, 1.807) is 0 Å². The van der Waals surface area contributed by atoms with Crippen LogP contribution in [0.5, 0.6) is 0 Å². The fourth-order valence-corrected chi connectivity index (χ4v) is 1.84. The molecule has 0 radical (unpaired) electrons. The van der Waals surface area contributed by atoms with Crippen LogP contribution < -0.4 is 10.2 Å². The van der Waals surface area contributed by atoms with Crippen LogP contribution in [-0.2, 0) is 0 Å². The molecule has 66 valence electrons. The summed E-state index contributed by atoms with van der Waals surface area (Å²) in [5.41, 5.74) is 0. The highest BCUT2D eigenvalue weighted by molar-refractivity contribution is 7.09. The van der Waals surface area contributed by atoms with Gasteiger partial charge in [0.25, 0.3) is 0 Å². The summed E-state index contributed by atoms with van der Waals surface area (Å²) in [5.74, 6) is 0.870. The molecule has 1 N–H and O–H groups in total. The standard InChI is InChI=1S/C7H12N4S/c1-5-9-7(12-10-5)11(2)6-3-8-4-6/h6,8H,3-4H2,1-2H3. The molecule has 0 atom stereocenters. The zero-order chi connectivity index (χ0) is 8.55. The van der Waals surface area contributed by atoms with Crippen molar-refractivity contribution in [3.63, 3.8) is 0 Å². The van der Waals surface area contributed by atoms with Crippen LogP contribution >= 0.6 is 11.5 Å². The van der Waals surface area contributed by atoms with Crippen LogP contribution in [0, 0.1) is 6.92 Å². The van der Waals surface area contributed by atoms with E-state index in [2.05, 4.69) is 26.6 Å². The Labute approximate surface area is 75.8 Å². The lowest BCUT2D eigenvalue weighted by atomic mass is 10.2. The first-order valence-electron chi connectivity index (χ1n) is 4.01. The number of anilines is 1. The van der Waals surface area contributed by atoms with Crippen LogP contribution in [0.2, 0.25) is 0 Å². The predicted molar refractivity (Wildman–Crippen MR) is 49.7 cm³/mol. The average Bonchev–Trinajstić information content (AvgIpc) is 2.31. The molecule has 0 amide bonds. The zero-order valence-corrected chi connectivity index (χ0v) is 8.06. The molecule has 5 heteroatoms. The molecule has 2 rings (SSSR count). The SMILES string of the molecule is Cc1nsc(N(C)C2CNC2)n1. The molecule has 1 saturated heterocycles. The van der Waals surface area contributed by atoms with Crippen molar-refractivity contribution in [3.8, 4) is 0 Å². The first kappa shape index (κ1) is 7.94. The van der Waals surface area contributed by atoms with Crippen LogP contribution in [0.15, 0.2) is 0 Å². The number of hydrogen-bond donors (Lipinski definition) is 1. The van der Waals surface area contributed by atoms with Gasteiger partial charge in [0.15, 0.2) is 0 Å². The Morgan fingerprint density at radius 2 is 2.33 bits per heavy atom. The molecule has 1 aromatic rings. The van der Waals surface area contributed by atoms with Crippen molar-refractivity contribution in [2.45, 2.75) is 13.0 Å². The molecular formula is C7H12N4S. The van der Waals surface area contributed by atoms with Crippen LogP contribution in [0.4, 0.5) is 5.13 Å². The Morgan fingerprint density at radius 1 is 1.58 bits per heavy atom. The maximum atomic E-state index is 4.32. The fraction of sp³-hybridized carbons (Fsp3) is 0.714. The topological polar surface area (TPSA) is 41.1 Å². The van der Waals surface area contributed by atoms with Gasteiger partial charge in [0.05, 0.1) is 6.04 Å². The molecule has 0 bridgehead atoms. The number of likely N-dealkylation sites (N-methyl/N-ethyl adjacent to an activating group) is 1. The summed E-state index contributed by atoms with van der Waals surface area (Å²) in [6.45, 7) is 4.05. The summed E-state index contributed by atoms with van der Waals surface area (Å²) in [6.07, 6.45) is 0. The minimum atomic E-state index is 0.609. The first-order valence-corrected chi connectivity index (χ1v) is 4.78. The van der Waals surface area contributed by atoms with E-state index in [-0.39, 0.29) is 0 Å². The van der Waals surface area contributed by atoms with Crippen LogP contribution in [0.1, 0.15) is 5.82 Å². The molecule has 0 saturated carbocycles. The molecule has 1 fully saturated rings. The van der Waals surface area contributed by atoms with E-state index in [1.807, 2.05) is 6.92 Å². The van der Waals surface area contributed by atoms with Gasteiger partial charge < -0.3 is 10.2 Å². The van der Waals surface area contributed by atoms with Crippen molar-refractivity contribution in [1.29, 1.82) is 0 Å². The van der Waals surface area contributed by atoms with Gasteiger partial charge in [-0.3, -0.25) is 0 Å². The molecule has 4 nitrogen and oxygen atoms in total. The first-order chi connectivity index (χ1) is 5.77. The quantitative estimate of drug-likeness (QED) is 0.715. The van der Waals surface area contributed by atoms with Gasteiger partial charge in [-0.1, -0.05) is 0 Å². The van der Waals surface area contributed by atoms with E-state index < -0.39 is 0 Å². The Hall–Kier alpha value is -0.680. The van der Waals surface area contributed by atoms with Gasteiger partial charge in [-0.15, -0.1) is 0 Å². The Balaban J connectivity index is 2.08. The molecule has 0 spiro atoms. The normalized spacial score (nSPS) is 17.5. The number of hydrogen-bond acceptors (Lipinski definition) is 5. The lowest BCUT2D eigenvalue weighted by molar-refractivity contribution is 0.428. The van der Waals surface area contributed by atoms with Crippen molar-refractivity contribution < 1.29 is 0 Å². The summed E-state index contributed by atoms with van der Waals surface area (Å²) in [7, 11) is 2.07. The fourth-order valence-electron chi connectivity index (χ4n) is 1.13. The Morgan fingerprint density at radius 3 is 2.75 bits per heavy atom. The largest absolute Gasteiger partial charge is 0.344 e. The lowest BCUT2D eigenvalue weighted by Crippen LogP contribution is -2.56. The molecule has 12 heavy (non-hydrogen) atoms. The summed E-state index contributed by atoms with van der Waals surface area (Å²) in [6, 6.07) is 0.609. The van der Waals surface area contributed by atoms with Gasteiger partial charge >= 0.3 is 0 Å². The maximum absolute atomic E-state index is 4.32. The number of aryl methyl sites for hydroxylation is 1. The van der Waals surface area contributed by atoms with Crippen molar-refractivity contribution in [1.82, 2.24) is 14.7 Å². The van der Waals surface area contributed by atoms with Gasteiger partial charge in [0, 0.05) is 31.7 Å². The monoisotopic (exact) mass is 184 g/mol. The summed E-state index contributed by atoms with van der Waals surface area (Å²) < 4.78 is 4.15. The smallest absolute Gasteiger partial charge is 0.205 e. The average molecular weight is 184 g/mol. The molecule has 0 aromatic carbocycles. The predicted octanol–water partition coefficient (Wildman–Crippen LogP) is 0.255. The summed E-state index contributed by atoms with van der Waals surface area (Å²) in [4.78, 5) is 6.51. The second-order valence-corrected chi connectivity index (χ2v) is 3.78. The van der Waals surface area contributed by atoms with E-state index in [0.717, 1.165) is 24.0 Å². The van der Waals surface area contributed by atoms with Crippen molar-refractivity contribution in [3.05, 3.63) is 5.82 Å². The van der Waals surface area contributed by atoms with E-state index in [0.29, 0.717) is 6.04 Å². The molecule has 0 unspecified atom stereocenters. The van der Waals surface area contributed by atoms with Gasteiger partial charge in [0.2, 0.25) is 5.13 Å². The highest BCUT2D eigenvalue weighted by Crippen LogP contribution is 2.18. The van der Waals surface area contributed by atoms with E-state index in [9.17, 15) is 0 Å². The van der Waals surface area contributed by atoms with Gasteiger partial charge in [-0.2, -0.15) is 4.37 Å². The van der Waals surface area contributed by atoms with E-state index in [4.69, 9.17) is 0 Å². The molecule has 0 aliphatic carbocycles. The van der Waals surface area contributed by atoms with Gasteiger partial charge in [0.1, 0.15) is 5.82 Å². The number of nitrogens with zero attached hydrogens (tertiary/aromatic N) is 3. The number of nitrogens with one attached hydrogen (secondary N) is 1. The van der Waals surface area contributed by atoms with Gasteiger partial charge in [-0.25, -0.2) is 4.98 Å². The molecule has 1 aliphatic rings. The van der Waals surface area contributed by atoms with Crippen molar-refractivity contribution in [2.24, 2.45) is 0 Å². The highest BCUT2D eigenvalue weighted by atomic mass is 32.1. The van der Waals surface area contributed by atoms with Gasteiger partial charge in [-0.05, 0) is 6.92 Å². The summed E-state index contributed by atoms with van der Waals surface area (Å²) in [5, 5.41) is 4.26. The van der Waals surface area contributed by atoms with Crippen LogP contribution in [-0.4, -0.2) is 35.5 Å². The zero-order valence-electron chi connectivity index (χ0n) is 7.24. The number of aromatic nitrogens is 2. The van der Waals surface area contributed by atoms with Crippen molar-refractivity contribution >= 4 is 16.7 Å².